The minimum absolute atomic E-state index is 0.180. The standard InChI is InChI=1S/C16H19N3O2/c1-10-7-11(2)15(17-9-10)16-18-14(21-19-16)8-13(20)12-5-3-4-6-12/h7,9,12H,3-6,8H2,1-2H3. The number of ketones is 1. The van der Waals surface area contributed by atoms with Crippen molar-refractivity contribution in [1.29, 1.82) is 0 Å². The van der Waals surface area contributed by atoms with Crippen LogP contribution in [0.15, 0.2) is 16.8 Å². The molecular formula is C16H19N3O2. The lowest BCUT2D eigenvalue weighted by molar-refractivity contribution is -0.122. The number of carbonyl (C=O) groups is 1. The van der Waals surface area contributed by atoms with E-state index in [-0.39, 0.29) is 18.1 Å². The van der Waals surface area contributed by atoms with Gasteiger partial charge >= 0.3 is 0 Å². The maximum atomic E-state index is 12.1. The summed E-state index contributed by atoms with van der Waals surface area (Å²) < 4.78 is 5.21. The van der Waals surface area contributed by atoms with Crippen molar-refractivity contribution in [3.8, 4) is 11.5 Å². The van der Waals surface area contributed by atoms with Gasteiger partial charge in [0.15, 0.2) is 0 Å². The van der Waals surface area contributed by atoms with Crippen LogP contribution in [0.4, 0.5) is 0 Å². The third kappa shape index (κ3) is 3.01. The van der Waals surface area contributed by atoms with E-state index in [1.807, 2.05) is 19.9 Å². The highest BCUT2D eigenvalue weighted by molar-refractivity contribution is 5.82. The Kier molecular flexibility index (Phi) is 3.82. The molecule has 1 aliphatic rings. The predicted molar refractivity (Wildman–Crippen MR) is 77.7 cm³/mol. The van der Waals surface area contributed by atoms with Crippen molar-refractivity contribution >= 4 is 5.78 Å². The molecule has 0 unspecified atom stereocenters. The minimum atomic E-state index is 0.180. The summed E-state index contributed by atoms with van der Waals surface area (Å²) in [5, 5.41) is 3.96. The molecule has 3 rings (SSSR count). The number of aryl methyl sites for hydroxylation is 2. The molecule has 2 aromatic heterocycles. The quantitative estimate of drug-likeness (QED) is 0.863. The molecule has 21 heavy (non-hydrogen) atoms. The van der Waals surface area contributed by atoms with Gasteiger partial charge in [-0.25, -0.2) is 0 Å². The number of Topliss-reactive ketones (excluding diaryl/α,β-unsaturated/α-hetero) is 1. The summed E-state index contributed by atoms with van der Waals surface area (Å²) in [5.74, 6) is 1.25. The summed E-state index contributed by atoms with van der Waals surface area (Å²) in [6.07, 6.45) is 6.32. The Morgan fingerprint density at radius 3 is 2.81 bits per heavy atom. The van der Waals surface area contributed by atoms with Gasteiger partial charge in [-0.15, -0.1) is 0 Å². The Balaban J connectivity index is 1.75. The Morgan fingerprint density at radius 2 is 2.10 bits per heavy atom. The average Bonchev–Trinajstić information content (AvgIpc) is 3.09. The van der Waals surface area contributed by atoms with Gasteiger partial charge in [0.25, 0.3) is 0 Å². The number of pyridine rings is 1. The molecule has 0 spiro atoms. The Hall–Kier alpha value is -2.04. The molecule has 1 aliphatic carbocycles. The van der Waals surface area contributed by atoms with Gasteiger partial charge in [0.2, 0.25) is 11.7 Å². The van der Waals surface area contributed by atoms with Gasteiger partial charge in [-0.3, -0.25) is 9.78 Å². The lowest BCUT2D eigenvalue weighted by Gasteiger charge is -2.04. The van der Waals surface area contributed by atoms with Crippen LogP contribution in [0.3, 0.4) is 0 Å². The first kappa shape index (κ1) is 13.9. The Bertz CT molecular complexity index is 657. The first-order chi connectivity index (χ1) is 10.1. The largest absolute Gasteiger partial charge is 0.338 e. The van der Waals surface area contributed by atoms with E-state index in [1.165, 1.54) is 0 Å². The number of hydrogen-bond donors (Lipinski definition) is 0. The number of aromatic nitrogens is 3. The zero-order chi connectivity index (χ0) is 14.8. The zero-order valence-corrected chi connectivity index (χ0v) is 12.4. The maximum Gasteiger partial charge on any atom is 0.234 e. The molecule has 0 aromatic carbocycles. The molecule has 5 heteroatoms. The van der Waals surface area contributed by atoms with Crippen molar-refractivity contribution < 1.29 is 9.32 Å². The van der Waals surface area contributed by atoms with Gasteiger partial charge < -0.3 is 4.52 Å². The third-order valence-corrected chi connectivity index (χ3v) is 4.03. The highest BCUT2D eigenvalue weighted by Gasteiger charge is 2.24. The van der Waals surface area contributed by atoms with Crippen molar-refractivity contribution in [2.24, 2.45) is 5.92 Å². The van der Waals surface area contributed by atoms with Crippen LogP contribution >= 0.6 is 0 Å². The van der Waals surface area contributed by atoms with Crippen molar-refractivity contribution in [3.05, 3.63) is 29.3 Å². The van der Waals surface area contributed by atoms with E-state index in [4.69, 9.17) is 4.52 Å². The fourth-order valence-corrected chi connectivity index (χ4v) is 2.91. The Morgan fingerprint density at radius 1 is 1.33 bits per heavy atom. The topological polar surface area (TPSA) is 68.9 Å². The molecule has 0 N–H and O–H groups in total. The smallest absolute Gasteiger partial charge is 0.234 e. The first-order valence-electron chi connectivity index (χ1n) is 7.42. The summed E-state index contributed by atoms with van der Waals surface area (Å²) >= 11 is 0. The molecule has 1 fully saturated rings. The lowest BCUT2D eigenvalue weighted by Crippen LogP contribution is -2.13. The van der Waals surface area contributed by atoms with Crippen molar-refractivity contribution in [1.82, 2.24) is 15.1 Å². The second-order valence-corrected chi connectivity index (χ2v) is 5.81. The van der Waals surface area contributed by atoms with Crippen LogP contribution < -0.4 is 0 Å². The summed E-state index contributed by atoms with van der Waals surface area (Å²) in [5.41, 5.74) is 2.81. The van der Waals surface area contributed by atoms with Gasteiger partial charge in [-0.2, -0.15) is 4.98 Å². The van der Waals surface area contributed by atoms with Crippen LogP contribution in [-0.2, 0) is 11.2 Å². The molecule has 2 heterocycles. The number of hydrogen-bond acceptors (Lipinski definition) is 5. The van der Waals surface area contributed by atoms with E-state index in [0.717, 1.165) is 36.8 Å². The number of carbonyl (C=O) groups excluding carboxylic acids is 1. The molecular weight excluding hydrogens is 266 g/mol. The van der Waals surface area contributed by atoms with Crippen molar-refractivity contribution in [3.63, 3.8) is 0 Å². The van der Waals surface area contributed by atoms with Crippen molar-refractivity contribution in [2.45, 2.75) is 46.0 Å². The van der Waals surface area contributed by atoms with Crippen LogP contribution in [-0.4, -0.2) is 20.9 Å². The predicted octanol–water partition coefficient (Wildman–Crippen LogP) is 3.05. The van der Waals surface area contributed by atoms with E-state index in [2.05, 4.69) is 15.1 Å². The molecule has 2 aromatic rings. The molecule has 110 valence electrons. The second-order valence-electron chi connectivity index (χ2n) is 5.81. The van der Waals surface area contributed by atoms with Gasteiger partial charge in [-0.1, -0.05) is 24.1 Å². The number of nitrogens with zero attached hydrogens (tertiary/aromatic N) is 3. The van der Waals surface area contributed by atoms with Crippen LogP contribution in [0.25, 0.3) is 11.5 Å². The molecule has 5 nitrogen and oxygen atoms in total. The first-order valence-corrected chi connectivity index (χ1v) is 7.42. The normalized spacial score (nSPS) is 15.5. The van der Waals surface area contributed by atoms with Gasteiger partial charge in [0.1, 0.15) is 11.5 Å². The van der Waals surface area contributed by atoms with E-state index >= 15 is 0 Å². The molecule has 0 aliphatic heterocycles. The minimum Gasteiger partial charge on any atom is -0.338 e. The van der Waals surface area contributed by atoms with E-state index in [1.54, 1.807) is 6.20 Å². The van der Waals surface area contributed by atoms with Crippen LogP contribution in [0.2, 0.25) is 0 Å². The van der Waals surface area contributed by atoms with E-state index in [9.17, 15) is 4.79 Å². The van der Waals surface area contributed by atoms with Crippen LogP contribution in [0.5, 0.6) is 0 Å². The summed E-state index contributed by atoms with van der Waals surface area (Å²) in [4.78, 5) is 20.8. The Labute approximate surface area is 123 Å². The lowest BCUT2D eigenvalue weighted by atomic mass is 10.0. The number of rotatable bonds is 4. The van der Waals surface area contributed by atoms with Crippen LogP contribution in [0.1, 0.15) is 42.7 Å². The van der Waals surface area contributed by atoms with Gasteiger partial charge in [0, 0.05) is 12.1 Å². The molecule has 0 amide bonds. The highest BCUT2D eigenvalue weighted by atomic mass is 16.5. The molecule has 0 atom stereocenters. The molecule has 0 radical (unpaired) electrons. The van der Waals surface area contributed by atoms with Crippen molar-refractivity contribution in [2.75, 3.05) is 0 Å². The molecule has 0 saturated heterocycles. The SMILES string of the molecule is Cc1cnc(-c2noc(CC(=O)C3CCCC3)n2)c(C)c1. The van der Waals surface area contributed by atoms with E-state index in [0.29, 0.717) is 17.4 Å². The monoisotopic (exact) mass is 285 g/mol. The average molecular weight is 285 g/mol. The molecule has 1 saturated carbocycles. The summed E-state index contributed by atoms with van der Waals surface area (Å²) in [6.45, 7) is 3.96. The fraction of sp³-hybridized carbons (Fsp3) is 0.500. The summed E-state index contributed by atoms with van der Waals surface area (Å²) in [7, 11) is 0. The van der Waals surface area contributed by atoms with Crippen LogP contribution in [0, 0.1) is 19.8 Å². The highest BCUT2D eigenvalue weighted by Crippen LogP contribution is 2.26. The van der Waals surface area contributed by atoms with Gasteiger partial charge in [0.05, 0.1) is 6.42 Å². The summed E-state index contributed by atoms with van der Waals surface area (Å²) in [6, 6.07) is 2.03. The zero-order valence-electron chi connectivity index (χ0n) is 12.4. The van der Waals surface area contributed by atoms with Gasteiger partial charge in [-0.05, 0) is 37.8 Å². The fourth-order valence-electron chi connectivity index (χ4n) is 2.91. The molecule has 0 bridgehead atoms. The maximum absolute atomic E-state index is 12.1. The van der Waals surface area contributed by atoms with E-state index < -0.39 is 0 Å². The second kappa shape index (κ2) is 5.76. The third-order valence-electron chi connectivity index (χ3n) is 4.03.